The largest absolute Gasteiger partial charge is 0.396 e. The molecule has 0 atom stereocenters. The smallest absolute Gasteiger partial charge is 0.0543 e. The van der Waals surface area contributed by atoms with Gasteiger partial charge in [-0.2, -0.15) is 0 Å². The lowest BCUT2D eigenvalue weighted by molar-refractivity contribution is 0.0126. The van der Waals surface area contributed by atoms with E-state index >= 15 is 0 Å². The van der Waals surface area contributed by atoms with Crippen molar-refractivity contribution in [2.75, 3.05) is 26.4 Å². The molecule has 0 aliphatic heterocycles. The number of aliphatic hydroxyl groups excluding tert-OH is 3. The highest BCUT2D eigenvalue weighted by Gasteiger charge is 2.25. The van der Waals surface area contributed by atoms with E-state index < -0.39 is 5.41 Å². The summed E-state index contributed by atoms with van der Waals surface area (Å²) in [5.74, 6) is 0. The molecule has 0 aromatic heterocycles. The van der Waals surface area contributed by atoms with E-state index in [0.717, 1.165) is 0 Å². The number of hydrogen-bond donors (Lipinski definition) is 4. The first-order valence-corrected chi connectivity index (χ1v) is 2.77. The Kier molecular flexibility index (Phi) is 7.51. The van der Waals surface area contributed by atoms with Gasteiger partial charge in [0.15, 0.2) is 0 Å². The predicted molar refractivity (Wildman–Crippen MR) is 40.0 cm³/mol. The molecule has 0 saturated heterocycles. The molecule has 0 aliphatic carbocycles. The van der Waals surface area contributed by atoms with E-state index in [1.54, 1.807) is 0 Å². The molecule has 0 heterocycles. The third-order valence-corrected chi connectivity index (χ3v) is 1.44. The Hall–Kier alpha value is 0.130. The van der Waals surface area contributed by atoms with E-state index in [1.165, 1.54) is 0 Å². The molecule has 0 rings (SSSR count). The molecule has 0 spiro atoms. The van der Waals surface area contributed by atoms with Crippen LogP contribution in [0, 0.1) is 5.41 Å². The Bertz CT molecular complexity index is 59.8. The van der Waals surface area contributed by atoms with E-state index in [2.05, 4.69) is 0 Å². The summed E-state index contributed by atoms with van der Waals surface area (Å²) in [6, 6.07) is 0. The maximum Gasteiger partial charge on any atom is 0.0543 e. The van der Waals surface area contributed by atoms with Crippen molar-refractivity contribution in [2.45, 2.75) is 0 Å². The minimum Gasteiger partial charge on any atom is -0.396 e. The minimum atomic E-state index is -0.889. The topological polar surface area (TPSA) is 86.7 Å². The quantitative estimate of drug-likeness (QED) is 0.408. The predicted octanol–water partition coefficient (Wildman–Crippen LogP) is -1.67. The van der Waals surface area contributed by atoms with Crippen LogP contribution in [-0.2, 0) is 0 Å². The molecule has 0 unspecified atom stereocenters. The SMILES string of the molecule is Cl.NCC(CO)(CO)CO. The lowest BCUT2D eigenvalue weighted by atomic mass is 9.92. The van der Waals surface area contributed by atoms with Crippen molar-refractivity contribution in [3.63, 3.8) is 0 Å². The van der Waals surface area contributed by atoms with Crippen LogP contribution in [0.25, 0.3) is 0 Å². The second-order valence-corrected chi connectivity index (χ2v) is 2.18. The molecule has 0 amide bonds. The van der Waals surface area contributed by atoms with Crippen LogP contribution in [0.3, 0.4) is 0 Å². The van der Waals surface area contributed by atoms with E-state index in [0.29, 0.717) is 0 Å². The van der Waals surface area contributed by atoms with Gasteiger partial charge in [-0.15, -0.1) is 12.4 Å². The Morgan fingerprint density at radius 2 is 1.30 bits per heavy atom. The maximum atomic E-state index is 8.58. The highest BCUT2D eigenvalue weighted by Crippen LogP contribution is 2.10. The molecule has 0 bridgehead atoms. The van der Waals surface area contributed by atoms with Crippen LogP contribution in [-0.4, -0.2) is 41.7 Å². The van der Waals surface area contributed by atoms with Crippen LogP contribution in [0.2, 0.25) is 0 Å². The fourth-order valence-corrected chi connectivity index (χ4v) is 0.344. The van der Waals surface area contributed by atoms with Crippen molar-refractivity contribution in [2.24, 2.45) is 11.1 Å². The van der Waals surface area contributed by atoms with Crippen LogP contribution >= 0.6 is 12.4 Å². The first-order chi connectivity index (χ1) is 4.24. The zero-order valence-electron chi connectivity index (χ0n) is 5.66. The van der Waals surface area contributed by atoms with Gasteiger partial charge >= 0.3 is 0 Å². The molecule has 4 nitrogen and oxygen atoms in total. The zero-order chi connectivity index (χ0) is 7.33. The van der Waals surface area contributed by atoms with Gasteiger partial charge in [-0.25, -0.2) is 0 Å². The van der Waals surface area contributed by atoms with Gasteiger partial charge in [0.05, 0.1) is 25.2 Å². The summed E-state index contributed by atoms with van der Waals surface area (Å²) in [5.41, 5.74) is 4.27. The fourth-order valence-electron chi connectivity index (χ4n) is 0.344. The molecule has 0 aromatic carbocycles. The summed E-state index contributed by atoms with van der Waals surface area (Å²) in [7, 11) is 0. The van der Waals surface area contributed by atoms with Crippen molar-refractivity contribution >= 4 is 12.4 Å². The molecular weight excluding hydrogens is 158 g/mol. The number of rotatable bonds is 4. The van der Waals surface area contributed by atoms with Crippen LogP contribution in [0.4, 0.5) is 0 Å². The molecule has 0 fully saturated rings. The highest BCUT2D eigenvalue weighted by molar-refractivity contribution is 5.85. The fraction of sp³-hybridized carbons (Fsp3) is 1.00. The van der Waals surface area contributed by atoms with E-state index in [4.69, 9.17) is 21.1 Å². The summed E-state index contributed by atoms with van der Waals surface area (Å²) in [6.45, 7) is -0.750. The lowest BCUT2D eigenvalue weighted by Gasteiger charge is -2.24. The van der Waals surface area contributed by atoms with Gasteiger partial charge in [0.2, 0.25) is 0 Å². The van der Waals surface area contributed by atoms with Crippen molar-refractivity contribution in [3.05, 3.63) is 0 Å². The molecule has 5 N–H and O–H groups in total. The van der Waals surface area contributed by atoms with E-state index in [1.807, 2.05) is 0 Å². The second-order valence-electron chi connectivity index (χ2n) is 2.18. The number of halogens is 1. The average Bonchev–Trinajstić information content (AvgIpc) is 1.95. The van der Waals surface area contributed by atoms with Crippen LogP contribution in [0.15, 0.2) is 0 Å². The van der Waals surface area contributed by atoms with Crippen molar-refractivity contribution in [3.8, 4) is 0 Å². The van der Waals surface area contributed by atoms with Gasteiger partial charge in [-0.3, -0.25) is 0 Å². The van der Waals surface area contributed by atoms with Gasteiger partial charge in [-0.1, -0.05) is 0 Å². The molecule has 64 valence electrons. The molecule has 0 saturated carbocycles. The molecule has 0 aliphatic rings. The summed E-state index contributed by atoms with van der Waals surface area (Å²) >= 11 is 0. The normalized spacial score (nSPS) is 10.8. The van der Waals surface area contributed by atoms with E-state index in [-0.39, 0.29) is 38.8 Å². The van der Waals surface area contributed by atoms with Crippen LogP contribution in [0.1, 0.15) is 0 Å². The van der Waals surface area contributed by atoms with E-state index in [9.17, 15) is 0 Å². The maximum absolute atomic E-state index is 8.58. The van der Waals surface area contributed by atoms with Gasteiger partial charge in [-0.05, 0) is 0 Å². The molecule has 0 aromatic rings. The Labute approximate surface area is 66.1 Å². The molecule has 0 radical (unpaired) electrons. The number of nitrogens with two attached hydrogens (primary N) is 1. The third-order valence-electron chi connectivity index (χ3n) is 1.44. The van der Waals surface area contributed by atoms with Crippen molar-refractivity contribution < 1.29 is 15.3 Å². The van der Waals surface area contributed by atoms with Crippen LogP contribution < -0.4 is 5.73 Å². The third kappa shape index (κ3) is 2.81. The minimum absolute atomic E-state index is 0. The van der Waals surface area contributed by atoms with Crippen molar-refractivity contribution in [1.82, 2.24) is 0 Å². The number of aliphatic hydroxyl groups is 3. The average molecular weight is 172 g/mol. The summed E-state index contributed by atoms with van der Waals surface area (Å²) in [4.78, 5) is 0. The van der Waals surface area contributed by atoms with Gasteiger partial charge in [0, 0.05) is 6.54 Å². The monoisotopic (exact) mass is 171 g/mol. The standard InChI is InChI=1S/C5H13NO3.ClH/c6-1-5(2-7,3-8)4-9;/h7-9H,1-4,6H2;1H. The van der Waals surface area contributed by atoms with Crippen LogP contribution in [0.5, 0.6) is 0 Å². The highest BCUT2D eigenvalue weighted by atomic mass is 35.5. The summed E-state index contributed by atoms with van der Waals surface area (Å²) in [6.07, 6.45) is 0. The summed E-state index contributed by atoms with van der Waals surface area (Å²) in [5, 5.41) is 25.7. The second kappa shape index (κ2) is 5.88. The summed E-state index contributed by atoms with van der Waals surface area (Å²) < 4.78 is 0. The first-order valence-electron chi connectivity index (χ1n) is 2.77. The molecule has 10 heavy (non-hydrogen) atoms. The lowest BCUT2D eigenvalue weighted by Crippen LogP contribution is -2.41. The molecular formula is C5H14ClNO3. The van der Waals surface area contributed by atoms with Gasteiger partial charge < -0.3 is 21.1 Å². The van der Waals surface area contributed by atoms with Gasteiger partial charge in [0.25, 0.3) is 0 Å². The Morgan fingerprint density at radius 3 is 1.30 bits per heavy atom. The first kappa shape index (κ1) is 12.8. The van der Waals surface area contributed by atoms with Gasteiger partial charge in [0.1, 0.15) is 0 Å². The Balaban J connectivity index is 0. The zero-order valence-corrected chi connectivity index (χ0v) is 6.47. The molecule has 5 heteroatoms. The number of hydrogen-bond acceptors (Lipinski definition) is 4. The van der Waals surface area contributed by atoms with Crippen molar-refractivity contribution in [1.29, 1.82) is 0 Å². The Morgan fingerprint density at radius 1 is 1.00 bits per heavy atom.